The SMILES string of the molecule is CCCNCCCC(C)N1CCCC1(C)C. The highest BCUT2D eigenvalue weighted by Crippen LogP contribution is 2.31. The van der Waals surface area contributed by atoms with E-state index in [0.29, 0.717) is 5.54 Å². The van der Waals surface area contributed by atoms with Gasteiger partial charge in [0, 0.05) is 11.6 Å². The fourth-order valence-corrected chi connectivity index (χ4v) is 2.93. The number of hydrogen-bond acceptors (Lipinski definition) is 2. The van der Waals surface area contributed by atoms with E-state index in [1.165, 1.54) is 51.7 Å². The van der Waals surface area contributed by atoms with Gasteiger partial charge in [0.15, 0.2) is 0 Å². The van der Waals surface area contributed by atoms with Crippen molar-refractivity contribution >= 4 is 0 Å². The Balaban J connectivity index is 2.17. The average molecular weight is 226 g/mol. The fourth-order valence-electron chi connectivity index (χ4n) is 2.93. The second-order valence-corrected chi connectivity index (χ2v) is 5.85. The van der Waals surface area contributed by atoms with Gasteiger partial charge in [-0.25, -0.2) is 0 Å². The molecule has 0 spiro atoms. The lowest BCUT2D eigenvalue weighted by Crippen LogP contribution is -2.44. The standard InChI is InChI=1S/C14H30N2/c1-5-10-15-11-6-8-13(2)16-12-7-9-14(16,3)4/h13,15H,5-12H2,1-4H3. The predicted molar refractivity (Wildman–Crippen MR) is 71.9 cm³/mol. The summed E-state index contributed by atoms with van der Waals surface area (Å²) in [6.45, 7) is 13.1. The van der Waals surface area contributed by atoms with Crippen LogP contribution in [0.4, 0.5) is 0 Å². The van der Waals surface area contributed by atoms with E-state index < -0.39 is 0 Å². The zero-order valence-corrected chi connectivity index (χ0v) is 11.7. The number of hydrogen-bond donors (Lipinski definition) is 1. The quantitative estimate of drug-likeness (QED) is 0.671. The van der Waals surface area contributed by atoms with Gasteiger partial charge in [-0.05, 0) is 72.5 Å². The van der Waals surface area contributed by atoms with Crippen LogP contribution in [-0.4, -0.2) is 36.1 Å². The maximum absolute atomic E-state index is 3.48. The summed E-state index contributed by atoms with van der Waals surface area (Å²) in [6, 6.07) is 0.751. The van der Waals surface area contributed by atoms with E-state index in [9.17, 15) is 0 Å². The molecule has 2 heteroatoms. The summed E-state index contributed by atoms with van der Waals surface area (Å²) < 4.78 is 0. The minimum atomic E-state index is 0.441. The number of nitrogens with one attached hydrogen (secondary N) is 1. The van der Waals surface area contributed by atoms with Crippen molar-refractivity contribution in [3.05, 3.63) is 0 Å². The summed E-state index contributed by atoms with van der Waals surface area (Å²) in [4.78, 5) is 2.70. The summed E-state index contributed by atoms with van der Waals surface area (Å²) in [7, 11) is 0. The predicted octanol–water partition coefficient (Wildman–Crippen LogP) is 3.03. The fraction of sp³-hybridized carbons (Fsp3) is 1.00. The van der Waals surface area contributed by atoms with Crippen LogP contribution in [0.25, 0.3) is 0 Å². The molecule has 1 heterocycles. The van der Waals surface area contributed by atoms with Crippen LogP contribution in [0, 0.1) is 0 Å². The van der Waals surface area contributed by atoms with Crippen molar-refractivity contribution in [2.24, 2.45) is 0 Å². The molecule has 1 aliphatic heterocycles. The van der Waals surface area contributed by atoms with Gasteiger partial charge in [-0.15, -0.1) is 0 Å². The smallest absolute Gasteiger partial charge is 0.0156 e. The van der Waals surface area contributed by atoms with Crippen molar-refractivity contribution in [3.8, 4) is 0 Å². The number of likely N-dealkylation sites (tertiary alicyclic amines) is 1. The zero-order valence-electron chi connectivity index (χ0n) is 11.7. The van der Waals surface area contributed by atoms with Gasteiger partial charge in [0.25, 0.3) is 0 Å². The molecule has 0 aliphatic carbocycles. The molecule has 0 radical (unpaired) electrons. The van der Waals surface area contributed by atoms with E-state index in [2.05, 4.69) is 37.9 Å². The molecule has 1 fully saturated rings. The molecule has 0 aromatic heterocycles. The third-order valence-corrected chi connectivity index (χ3v) is 3.90. The Morgan fingerprint density at radius 2 is 2.06 bits per heavy atom. The van der Waals surface area contributed by atoms with Gasteiger partial charge in [0.2, 0.25) is 0 Å². The van der Waals surface area contributed by atoms with E-state index in [1.54, 1.807) is 0 Å². The molecule has 0 bridgehead atoms. The lowest BCUT2D eigenvalue weighted by molar-refractivity contribution is 0.118. The highest BCUT2D eigenvalue weighted by Gasteiger charge is 2.34. The first-order valence-electron chi connectivity index (χ1n) is 7.05. The van der Waals surface area contributed by atoms with Gasteiger partial charge < -0.3 is 5.32 Å². The molecule has 2 nitrogen and oxygen atoms in total. The van der Waals surface area contributed by atoms with Crippen LogP contribution in [-0.2, 0) is 0 Å². The Hall–Kier alpha value is -0.0800. The summed E-state index contributed by atoms with van der Waals surface area (Å²) in [5.74, 6) is 0. The van der Waals surface area contributed by atoms with Crippen LogP contribution < -0.4 is 5.32 Å². The molecule has 1 aliphatic rings. The third kappa shape index (κ3) is 4.06. The lowest BCUT2D eigenvalue weighted by Gasteiger charge is -2.36. The van der Waals surface area contributed by atoms with Crippen LogP contribution in [0.3, 0.4) is 0 Å². The average Bonchev–Trinajstić information content (AvgIpc) is 2.57. The number of nitrogens with zero attached hydrogens (tertiary/aromatic N) is 1. The Bertz CT molecular complexity index is 189. The first-order chi connectivity index (χ1) is 7.58. The minimum absolute atomic E-state index is 0.441. The molecule has 1 unspecified atom stereocenters. The molecule has 96 valence electrons. The first kappa shape index (κ1) is 14.0. The van der Waals surface area contributed by atoms with Crippen LogP contribution in [0.2, 0.25) is 0 Å². The van der Waals surface area contributed by atoms with Crippen LogP contribution in [0.15, 0.2) is 0 Å². The Morgan fingerprint density at radius 1 is 1.31 bits per heavy atom. The van der Waals surface area contributed by atoms with Gasteiger partial charge >= 0.3 is 0 Å². The number of rotatable bonds is 7. The van der Waals surface area contributed by atoms with E-state index in [0.717, 1.165) is 6.04 Å². The summed E-state index contributed by atoms with van der Waals surface area (Å²) in [5.41, 5.74) is 0.441. The molecule has 0 saturated carbocycles. The maximum atomic E-state index is 3.48. The largest absolute Gasteiger partial charge is 0.317 e. The van der Waals surface area contributed by atoms with Gasteiger partial charge in [-0.1, -0.05) is 6.92 Å². The van der Waals surface area contributed by atoms with Crippen molar-refractivity contribution in [1.29, 1.82) is 0 Å². The third-order valence-electron chi connectivity index (χ3n) is 3.90. The molecule has 0 amide bonds. The maximum Gasteiger partial charge on any atom is 0.0156 e. The zero-order chi connectivity index (χ0) is 12.0. The first-order valence-corrected chi connectivity index (χ1v) is 7.05. The normalized spacial score (nSPS) is 22.5. The van der Waals surface area contributed by atoms with Crippen molar-refractivity contribution < 1.29 is 0 Å². The molecule has 16 heavy (non-hydrogen) atoms. The Labute approximate surface area is 102 Å². The van der Waals surface area contributed by atoms with Crippen LogP contribution in [0.1, 0.15) is 59.8 Å². The highest BCUT2D eigenvalue weighted by molar-refractivity contribution is 4.90. The highest BCUT2D eigenvalue weighted by atomic mass is 15.2. The van der Waals surface area contributed by atoms with Crippen molar-refractivity contribution in [2.45, 2.75) is 71.4 Å². The summed E-state index contributed by atoms with van der Waals surface area (Å²) in [6.07, 6.45) is 6.64. The Morgan fingerprint density at radius 3 is 2.62 bits per heavy atom. The van der Waals surface area contributed by atoms with E-state index in [1.807, 2.05) is 0 Å². The molecule has 0 aromatic rings. The van der Waals surface area contributed by atoms with E-state index in [-0.39, 0.29) is 0 Å². The summed E-state index contributed by atoms with van der Waals surface area (Å²) in [5, 5.41) is 3.48. The van der Waals surface area contributed by atoms with E-state index >= 15 is 0 Å². The second-order valence-electron chi connectivity index (χ2n) is 5.85. The Kier molecular flexibility index (Phi) is 5.77. The van der Waals surface area contributed by atoms with Crippen molar-refractivity contribution in [1.82, 2.24) is 10.2 Å². The van der Waals surface area contributed by atoms with Gasteiger partial charge in [-0.2, -0.15) is 0 Å². The monoisotopic (exact) mass is 226 g/mol. The molecular weight excluding hydrogens is 196 g/mol. The van der Waals surface area contributed by atoms with Gasteiger partial charge in [0.1, 0.15) is 0 Å². The van der Waals surface area contributed by atoms with Crippen LogP contribution >= 0.6 is 0 Å². The van der Waals surface area contributed by atoms with E-state index in [4.69, 9.17) is 0 Å². The second kappa shape index (κ2) is 6.61. The molecule has 0 aromatic carbocycles. The molecule has 1 N–H and O–H groups in total. The molecule has 1 rings (SSSR count). The molecule has 1 atom stereocenters. The van der Waals surface area contributed by atoms with Gasteiger partial charge in [0.05, 0.1) is 0 Å². The summed E-state index contributed by atoms with van der Waals surface area (Å²) >= 11 is 0. The van der Waals surface area contributed by atoms with Crippen LogP contribution in [0.5, 0.6) is 0 Å². The molecule has 1 saturated heterocycles. The van der Waals surface area contributed by atoms with Gasteiger partial charge in [-0.3, -0.25) is 4.90 Å². The topological polar surface area (TPSA) is 15.3 Å². The lowest BCUT2D eigenvalue weighted by atomic mass is 9.99. The van der Waals surface area contributed by atoms with Crippen molar-refractivity contribution in [3.63, 3.8) is 0 Å². The van der Waals surface area contributed by atoms with Crippen molar-refractivity contribution in [2.75, 3.05) is 19.6 Å². The molecular formula is C14H30N2. The minimum Gasteiger partial charge on any atom is -0.317 e.